The quantitative estimate of drug-likeness (QED) is 0.772. The largest absolute Gasteiger partial charge is 0.308 e. The summed E-state index contributed by atoms with van der Waals surface area (Å²) in [5.74, 6) is 0.715. The van der Waals surface area contributed by atoms with Crippen LogP contribution < -0.4 is 5.32 Å². The van der Waals surface area contributed by atoms with E-state index in [1.807, 2.05) is 6.07 Å². The summed E-state index contributed by atoms with van der Waals surface area (Å²) in [6, 6.07) is 3.65. The predicted molar refractivity (Wildman–Crippen MR) is 53.4 cm³/mol. The van der Waals surface area contributed by atoms with Crippen molar-refractivity contribution < 1.29 is 4.79 Å². The molecular weight excluding hydrogens is 202 g/mol. The minimum absolute atomic E-state index is 0.0634. The Hall–Kier alpha value is -1.16. The summed E-state index contributed by atoms with van der Waals surface area (Å²) in [5, 5.41) is 10.4. The first kappa shape index (κ1) is 9.40. The Kier molecular flexibility index (Phi) is 2.63. The van der Waals surface area contributed by atoms with E-state index in [-0.39, 0.29) is 11.8 Å². The lowest BCUT2D eigenvalue weighted by Gasteiger charge is -2.01. The number of rotatable bonds is 3. The van der Waals surface area contributed by atoms with Gasteiger partial charge >= 0.3 is 0 Å². The number of amides is 1. The summed E-state index contributed by atoms with van der Waals surface area (Å²) in [4.78, 5) is 10.9. The topological polar surface area (TPSA) is 54.9 Å². The lowest BCUT2D eigenvalue weighted by molar-refractivity contribution is -0.113. The first-order valence-electron chi connectivity index (χ1n) is 4.49. The Morgan fingerprint density at radius 2 is 2.29 bits per heavy atom. The molecule has 0 saturated heterocycles. The molecule has 1 aromatic heterocycles. The van der Waals surface area contributed by atoms with E-state index in [4.69, 9.17) is 11.6 Å². The van der Waals surface area contributed by atoms with Gasteiger partial charge in [-0.25, -0.2) is 0 Å². The summed E-state index contributed by atoms with van der Waals surface area (Å²) >= 11 is 5.33. The molecule has 1 N–H and O–H groups in total. The van der Waals surface area contributed by atoms with Crippen LogP contribution in [0.4, 0.5) is 5.82 Å². The Morgan fingerprint density at radius 1 is 1.50 bits per heavy atom. The van der Waals surface area contributed by atoms with Crippen molar-refractivity contribution in [2.45, 2.75) is 18.8 Å². The van der Waals surface area contributed by atoms with Gasteiger partial charge in [0.2, 0.25) is 5.91 Å². The van der Waals surface area contributed by atoms with Gasteiger partial charge in [0, 0.05) is 5.92 Å². The molecule has 1 saturated carbocycles. The van der Waals surface area contributed by atoms with E-state index in [9.17, 15) is 4.79 Å². The smallest absolute Gasteiger partial charge is 0.240 e. The molecule has 5 heteroatoms. The lowest BCUT2D eigenvalue weighted by atomic mass is 10.3. The summed E-state index contributed by atoms with van der Waals surface area (Å²) in [5.41, 5.74) is 1.01. The number of aromatic nitrogens is 2. The zero-order chi connectivity index (χ0) is 9.97. The van der Waals surface area contributed by atoms with Gasteiger partial charge in [0.05, 0.1) is 5.69 Å². The van der Waals surface area contributed by atoms with Gasteiger partial charge < -0.3 is 5.32 Å². The highest BCUT2D eigenvalue weighted by Gasteiger charge is 2.25. The van der Waals surface area contributed by atoms with Gasteiger partial charge in [0.1, 0.15) is 5.88 Å². The van der Waals surface area contributed by atoms with E-state index >= 15 is 0 Å². The van der Waals surface area contributed by atoms with Crippen molar-refractivity contribution in [3.8, 4) is 0 Å². The van der Waals surface area contributed by atoms with Gasteiger partial charge in [0.15, 0.2) is 5.82 Å². The number of carbonyl (C=O) groups excluding carboxylic acids is 1. The third-order valence-electron chi connectivity index (χ3n) is 2.07. The van der Waals surface area contributed by atoms with Crippen LogP contribution >= 0.6 is 11.6 Å². The highest BCUT2D eigenvalue weighted by atomic mass is 35.5. The highest BCUT2D eigenvalue weighted by molar-refractivity contribution is 6.28. The molecule has 0 unspecified atom stereocenters. The van der Waals surface area contributed by atoms with Crippen LogP contribution in [0.15, 0.2) is 12.1 Å². The SMILES string of the molecule is O=C(CCl)Nc1ccc(C2CC2)nn1. The van der Waals surface area contributed by atoms with Crippen LogP contribution in [0.25, 0.3) is 0 Å². The van der Waals surface area contributed by atoms with E-state index in [0.717, 1.165) is 5.69 Å². The Labute approximate surface area is 86.7 Å². The Bertz CT molecular complexity index is 334. The molecule has 4 nitrogen and oxygen atoms in total. The van der Waals surface area contributed by atoms with Crippen molar-refractivity contribution in [3.63, 3.8) is 0 Å². The maximum atomic E-state index is 10.9. The fourth-order valence-corrected chi connectivity index (χ4v) is 1.25. The Morgan fingerprint density at radius 3 is 2.79 bits per heavy atom. The number of alkyl halides is 1. The summed E-state index contributed by atoms with van der Waals surface area (Å²) in [7, 11) is 0. The lowest BCUT2D eigenvalue weighted by Crippen LogP contribution is -2.14. The fourth-order valence-electron chi connectivity index (χ4n) is 1.18. The number of carbonyl (C=O) groups is 1. The zero-order valence-corrected chi connectivity index (χ0v) is 8.29. The number of hydrogen-bond donors (Lipinski definition) is 1. The third-order valence-corrected chi connectivity index (χ3v) is 2.31. The number of hydrogen-bond acceptors (Lipinski definition) is 3. The maximum absolute atomic E-state index is 10.9. The number of anilines is 1. The zero-order valence-electron chi connectivity index (χ0n) is 7.53. The number of nitrogens with one attached hydrogen (secondary N) is 1. The maximum Gasteiger partial charge on any atom is 0.240 e. The van der Waals surface area contributed by atoms with E-state index in [1.54, 1.807) is 6.07 Å². The molecule has 1 aliphatic carbocycles. The van der Waals surface area contributed by atoms with Crippen LogP contribution in [-0.2, 0) is 4.79 Å². The number of nitrogens with zero attached hydrogens (tertiary/aromatic N) is 2. The Balaban J connectivity index is 2.02. The van der Waals surface area contributed by atoms with E-state index in [1.165, 1.54) is 12.8 Å². The van der Waals surface area contributed by atoms with Crippen LogP contribution in [0.5, 0.6) is 0 Å². The molecule has 0 bridgehead atoms. The minimum Gasteiger partial charge on any atom is -0.308 e. The summed E-state index contributed by atoms with van der Waals surface area (Å²) in [6.07, 6.45) is 2.39. The second-order valence-corrected chi connectivity index (χ2v) is 3.57. The monoisotopic (exact) mass is 211 g/mol. The van der Waals surface area contributed by atoms with Gasteiger partial charge in [-0.2, -0.15) is 5.10 Å². The number of halogens is 1. The molecule has 1 heterocycles. The molecule has 0 aromatic carbocycles. The van der Waals surface area contributed by atoms with Gasteiger partial charge in [-0.15, -0.1) is 16.7 Å². The molecular formula is C9H10ClN3O. The molecule has 14 heavy (non-hydrogen) atoms. The van der Waals surface area contributed by atoms with Gasteiger partial charge in [-0.05, 0) is 25.0 Å². The van der Waals surface area contributed by atoms with Crippen molar-refractivity contribution in [3.05, 3.63) is 17.8 Å². The van der Waals surface area contributed by atoms with Crippen LogP contribution in [-0.4, -0.2) is 22.0 Å². The molecule has 1 fully saturated rings. The van der Waals surface area contributed by atoms with Crippen LogP contribution in [0, 0.1) is 0 Å². The minimum atomic E-state index is -0.264. The molecule has 74 valence electrons. The van der Waals surface area contributed by atoms with E-state index in [0.29, 0.717) is 11.7 Å². The van der Waals surface area contributed by atoms with E-state index < -0.39 is 0 Å². The predicted octanol–water partition coefficient (Wildman–Crippen LogP) is 1.53. The van der Waals surface area contributed by atoms with Gasteiger partial charge in [-0.1, -0.05) is 0 Å². The molecule has 1 aliphatic rings. The molecule has 0 aliphatic heterocycles. The molecule has 1 aromatic rings. The second kappa shape index (κ2) is 3.92. The first-order valence-corrected chi connectivity index (χ1v) is 5.02. The molecule has 1 amide bonds. The first-order chi connectivity index (χ1) is 6.79. The average Bonchev–Trinajstić information content (AvgIpc) is 3.02. The van der Waals surface area contributed by atoms with Crippen LogP contribution in [0.1, 0.15) is 24.5 Å². The average molecular weight is 212 g/mol. The van der Waals surface area contributed by atoms with Crippen molar-refractivity contribution in [1.29, 1.82) is 0 Å². The normalized spacial score (nSPS) is 15.2. The van der Waals surface area contributed by atoms with Crippen LogP contribution in [0.2, 0.25) is 0 Å². The standard InChI is InChI=1S/C9H10ClN3O/c10-5-9(14)11-8-4-3-7(12-13-8)6-1-2-6/h3-4,6H,1-2,5H2,(H,11,13,14). The molecule has 0 atom stereocenters. The van der Waals surface area contributed by atoms with Crippen molar-refractivity contribution >= 4 is 23.3 Å². The summed E-state index contributed by atoms with van der Waals surface area (Å²) < 4.78 is 0. The van der Waals surface area contributed by atoms with E-state index in [2.05, 4.69) is 15.5 Å². The highest BCUT2D eigenvalue weighted by Crippen LogP contribution is 2.38. The van der Waals surface area contributed by atoms with Crippen molar-refractivity contribution in [2.75, 3.05) is 11.2 Å². The molecule has 0 spiro atoms. The molecule has 2 rings (SSSR count). The third kappa shape index (κ3) is 2.20. The van der Waals surface area contributed by atoms with Crippen molar-refractivity contribution in [1.82, 2.24) is 10.2 Å². The van der Waals surface area contributed by atoms with Crippen molar-refractivity contribution in [2.24, 2.45) is 0 Å². The van der Waals surface area contributed by atoms with Crippen LogP contribution in [0.3, 0.4) is 0 Å². The summed E-state index contributed by atoms with van der Waals surface area (Å²) in [6.45, 7) is 0. The van der Waals surface area contributed by atoms with Gasteiger partial charge in [0.25, 0.3) is 0 Å². The fraction of sp³-hybridized carbons (Fsp3) is 0.444. The van der Waals surface area contributed by atoms with Gasteiger partial charge in [-0.3, -0.25) is 4.79 Å². The molecule has 0 radical (unpaired) electrons. The second-order valence-electron chi connectivity index (χ2n) is 3.30.